The number of hydrogen-bond acceptors (Lipinski definition) is 3. The van der Waals surface area contributed by atoms with E-state index in [0.29, 0.717) is 6.04 Å². The van der Waals surface area contributed by atoms with Crippen LogP contribution in [0.4, 0.5) is 0 Å². The zero-order valence-corrected chi connectivity index (χ0v) is 11.4. The normalized spacial score (nSPS) is 18.3. The molecule has 2 rings (SSSR count). The van der Waals surface area contributed by atoms with Crippen molar-refractivity contribution in [2.24, 2.45) is 18.8 Å². The standard InChI is InChI=1S/C14H26N4/c1-18-11-10-16-14(18)9-8-13(17-15)7-6-12-4-2-3-5-12/h10-13,17H,2-9,15H2,1H3. The van der Waals surface area contributed by atoms with E-state index in [1.165, 1.54) is 38.5 Å². The number of nitrogens with zero attached hydrogens (tertiary/aromatic N) is 2. The maximum atomic E-state index is 5.66. The molecule has 1 fully saturated rings. The molecular formula is C14H26N4. The zero-order valence-electron chi connectivity index (χ0n) is 11.4. The molecule has 1 saturated carbocycles. The highest BCUT2D eigenvalue weighted by Crippen LogP contribution is 2.29. The molecule has 0 aromatic carbocycles. The second-order valence-electron chi connectivity index (χ2n) is 5.58. The summed E-state index contributed by atoms with van der Waals surface area (Å²) in [5.74, 6) is 7.76. The van der Waals surface area contributed by atoms with Crippen LogP contribution in [0.3, 0.4) is 0 Å². The first-order chi connectivity index (χ1) is 8.79. The molecule has 0 spiro atoms. The second kappa shape index (κ2) is 6.90. The molecule has 0 saturated heterocycles. The molecule has 1 aliphatic rings. The molecule has 4 heteroatoms. The Morgan fingerprint density at radius 1 is 1.44 bits per heavy atom. The molecule has 1 atom stereocenters. The fourth-order valence-electron chi connectivity index (χ4n) is 2.99. The van der Waals surface area contributed by atoms with Crippen molar-refractivity contribution in [3.05, 3.63) is 18.2 Å². The summed E-state index contributed by atoms with van der Waals surface area (Å²) < 4.78 is 2.09. The fraction of sp³-hybridized carbons (Fsp3) is 0.786. The summed E-state index contributed by atoms with van der Waals surface area (Å²) in [6.45, 7) is 0. The molecular weight excluding hydrogens is 224 g/mol. The van der Waals surface area contributed by atoms with Crippen molar-refractivity contribution in [3.8, 4) is 0 Å². The molecule has 1 unspecified atom stereocenters. The van der Waals surface area contributed by atoms with E-state index in [1.54, 1.807) is 0 Å². The highest BCUT2D eigenvalue weighted by atomic mass is 15.2. The number of aryl methyl sites for hydroxylation is 2. The molecule has 1 heterocycles. The Morgan fingerprint density at radius 2 is 2.22 bits per heavy atom. The SMILES string of the molecule is Cn1ccnc1CCC(CCC1CCCC1)NN. The van der Waals surface area contributed by atoms with Crippen LogP contribution >= 0.6 is 0 Å². The van der Waals surface area contributed by atoms with E-state index in [-0.39, 0.29) is 0 Å². The number of aromatic nitrogens is 2. The first-order valence-electron chi connectivity index (χ1n) is 7.22. The van der Waals surface area contributed by atoms with E-state index in [0.717, 1.165) is 24.6 Å². The first kappa shape index (κ1) is 13.6. The van der Waals surface area contributed by atoms with Crippen molar-refractivity contribution in [2.45, 2.75) is 57.4 Å². The Labute approximate surface area is 110 Å². The van der Waals surface area contributed by atoms with Gasteiger partial charge in [-0.05, 0) is 25.2 Å². The van der Waals surface area contributed by atoms with Crippen molar-refractivity contribution < 1.29 is 0 Å². The highest BCUT2D eigenvalue weighted by Gasteiger charge is 2.17. The average molecular weight is 250 g/mol. The summed E-state index contributed by atoms with van der Waals surface area (Å²) >= 11 is 0. The first-order valence-corrected chi connectivity index (χ1v) is 7.22. The van der Waals surface area contributed by atoms with Gasteiger partial charge in [0.2, 0.25) is 0 Å². The smallest absolute Gasteiger partial charge is 0.108 e. The van der Waals surface area contributed by atoms with Gasteiger partial charge < -0.3 is 4.57 Å². The summed E-state index contributed by atoms with van der Waals surface area (Å²) in [7, 11) is 2.05. The Morgan fingerprint density at radius 3 is 2.83 bits per heavy atom. The molecule has 4 nitrogen and oxygen atoms in total. The van der Waals surface area contributed by atoms with Gasteiger partial charge in [-0.1, -0.05) is 25.7 Å². The third kappa shape index (κ3) is 3.82. The summed E-state index contributed by atoms with van der Waals surface area (Å²) in [5, 5.41) is 0. The van der Waals surface area contributed by atoms with Gasteiger partial charge in [0.1, 0.15) is 5.82 Å². The van der Waals surface area contributed by atoms with Crippen LogP contribution in [0, 0.1) is 5.92 Å². The van der Waals surface area contributed by atoms with Gasteiger partial charge in [-0.2, -0.15) is 0 Å². The predicted molar refractivity (Wildman–Crippen MR) is 73.8 cm³/mol. The summed E-state index contributed by atoms with van der Waals surface area (Å²) in [6.07, 6.45) is 14.2. The van der Waals surface area contributed by atoms with Gasteiger partial charge >= 0.3 is 0 Å². The Hall–Kier alpha value is -0.870. The minimum Gasteiger partial charge on any atom is -0.338 e. The van der Waals surface area contributed by atoms with Crippen LogP contribution in [0.1, 0.15) is 50.8 Å². The fourth-order valence-corrected chi connectivity index (χ4v) is 2.99. The summed E-state index contributed by atoms with van der Waals surface area (Å²) in [6, 6.07) is 0.433. The number of hydrazine groups is 1. The van der Waals surface area contributed by atoms with Crippen molar-refractivity contribution >= 4 is 0 Å². The molecule has 18 heavy (non-hydrogen) atoms. The van der Waals surface area contributed by atoms with E-state index in [2.05, 4.69) is 15.0 Å². The molecule has 0 amide bonds. The lowest BCUT2D eigenvalue weighted by atomic mass is 9.96. The van der Waals surface area contributed by atoms with Crippen LogP contribution in [0.25, 0.3) is 0 Å². The second-order valence-corrected chi connectivity index (χ2v) is 5.58. The number of imidazole rings is 1. The quantitative estimate of drug-likeness (QED) is 0.576. The van der Waals surface area contributed by atoms with Crippen LogP contribution in [-0.2, 0) is 13.5 Å². The van der Waals surface area contributed by atoms with Gasteiger partial charge in [-0.15, -0.1) is 0 Å². The van der Waals surface area contributed by atoms with Crippen LogP contribution < -0.4 is 11.3 Å². The molecule has 1 aliphatic carbocycles. The Bertz CT molecular complexity index is 341. The van der Waals surface area contributed by atoms with E-state index in [1.807, 2.05) is 19.4 Å². The van der Waals surface area contributed by atoms with Gasteiger partial charge in [0.15, 0.2) is 0 Å². The number of rotatable bonds is 7. The van der Waals surface area contributed by atoms with Gasteiger partial charge in [0.25, 0.3) is 0 Å². The van der Waals surface area contributed by atoms with Gasteiger partial charge in [0.05, 0.1) is 0 Å². The van der Waals surface area contributed by atoms with E-state index >= 15 is 0 Å². The molecule has 0 aliphatic heterocycles. The maximum absolute atomic E-state index is 5.66. The minimum absolute atomic E-state index is 0.433. The average Bonchev–Trinajstić information content (AvgIpc) is 3.01. The van der Waals surface area contributed by atoms with Gasteiger partial charge in [0, 0.05) is 31.9 Å². The van der Waals surface area contributed by atoms with Crippen molar-refractivity contribution in [1.82, 2.24) is 15.0 Å². The van der Waals surface area contributed by atoms with Gasteiger partial charge in [-0.25, -0.2) is 4.98 Å². The van der Waals surface area contributed by atoms with Crippen molar-refractivity contribution in [1.29, 1.82) is 0 Å². The third-order valence-electron chi connectivity index (χ3n) is 4.27. The minimum atomic E-state index is 0.433. The lowest BCUT2D eigenvalue weighted by Gasteiger charge is -2.17. The van der Waals surface area contributed by atoms with Crippen LogP contribution in [0.15, 0.2) is 12.4 Å². The molecule has 3 N–H and O–H groups in total. The number of hydrogen-bond donors (Lipinski definition) is 2. The topological polar surface area (TPSA) is 55.9 Å². The summed E-state index contributed by atoms with van der Waals surface area (Å²) in [5.41, 5.74) is 2.97. The van der Waals surface area contributed by atoms with E-state index in [4.69, 9.17) is 5.84 Å². The largest absolute Gasteiger partial charge is 0.338 e. The van der Waals surface area contributed by atoms with Gasteiger partial charge in [-0.3, -0.25) is 11.3 Å². The van der Waals surface area contributed by atoms with Crippen LogP contribution in [0.2, 0.25) is 0 Å². The molecule has 1 aromatic rings. The molecule has 102 valence electrons. The van der Waals surface area contributed by atoms with Crippen molar-refractivity contribution in [2.75, 3.05) is 0 Å². The number of nitrogens with one attached hydrogen (secondary N) is 1. The number of nitrogens with two attached hydrogens (primary N) is 1. The highest BCUT2D eigenvalue weighted by molar-refractivity contribution is 4.92. The molecule has 1 aromatic heterocycles. The van der Waals surface area contributed by atoms with Crippen LogP contribution in [-0.4, -0.2) is 15.6 Å². The predicted octanol–water partition coefficient (Wildman–Crippen LogP) is 2.15. The molecule has 0 bridgehead atoms. The van der Waals surface area contributed by atoms with E-state index < -0.39 is 0 Å². The van der Waals surface area contributed by atoms with Crippen LogP contribution in [0.5, 0.6) is 0 Å². The Balaban J connectivity index is 1.70. The monoisotopic (exact) mass is 250 g/mol. The lowest BCUT2D eigenvalue weighted by molar-refractivity contribution is 0.391. The third-order valence-corrected chi connectivity index (χ3v) is 4.27. The maximum Gasteiger partial charge on any atom is 0.108 e. The summed E-state index contributed by atoms with van der Waals surface area (Å²) in [4.78, 5) is 4.35. The van der Waals surface area contributed by atoms with E-state index in [9.17, 15) is 0 Å². The Kier molecular flexibility index (Phi) is 5.20. The van der Waals surface area contributed by atoms with Crippen molar-refractivity contribution in [3.63, 3.8) is 0 Å². The lowest BCUT2D eigenvalue weighted by Crippen LogP contribution is -2.35. The zero-order chi connectivity index (χ0) is 12.8. The molecule has 0 radical (unpaired) electrons.